The molecule has 1 saturated heterocycles. The van der Waals surface area contributed by atoms with Gasteiger partial charge in [-0.2, -0.15) is 0 Å². The first-order valence-corrected chi connectivity index (χ1v) is 11.4. The highest BCUT2D eigenvalue weighted by atomic mass is 16.5. The smallest absolute Gasteiger partial charge is 0.167 e. The zero-order valence-corrected chi connectivity index (χ0v) is 18.3. The average molecular weight is 437 g/mol. The number of hydrogen-bond donors (Lipinski definition) is 0. The molecular formula is C25H28N2O5. The van der Waals surface area contributed by atoms with Crippen molar-refractivity contribution in [2.45, 2.75) is 44.1 Å². The zero-order valence-electron chi connectivity index (χ0n) is 18.3. The van der Waals surface area contributed by atoms with E-state index in [9.17, 15) is 9.59 Å². The Morgan fingerprint density at radius 3 is 2.78 bits per heavy atom. The number of ketones is 2. The van der Waals surface area contributed by atoms with Crippen LogP contribution in [0.5, 0.6) is 5.75 Å². The van der Waals surface area contributed by atoms with Gasteiger partial charge in [0.15, 0.2) is 5.58 Å². The van der Waals surface area contributed by atoms with Crippen LogP contribution in [0, 0.1) is 0 Å². The van der Waals surface area contributed by atoms with Crippen molar-refractivity contribution in [3.05, 3.63) is 36.0 Å². The largest absolute Gasteiger partial charge is 0.492 e. The molecule has 7 heteroatoms. The van der Waals surface area contributed by atoms with Crippen LogP contribution < -0.4 is 4.74 Å². The van der Waals surface area contributed by atoms with E-state index < -0.39 is 0 Å². The fraction of sp³-hybridized carbons (Fsp3) is 0.480. The SMILES string of the molecule is CN(CCOc1ccc2c(ccc3onc(C4CCC(=O)CC4=O)c32)c1)C1CCOCC1. The zero-order chi connectivity index (χ0) is 22.1. The summed E-state index contributed by atoms with van der Waals surface area (Å²) in [6, 6.07) is 10.4. The van der Waals surface area contributed by atoms with Crippen LogP contribution in [0.1, 0.15) is 43.7 Å². The van der Waals surface area contributed by atoms with Crippen molar-refractivity contribution in [2.75, 3.05) is 33.4 Å². The Kier molecular flexibility index (Phi) is 5.93. The van der Waals surface area contributed by atoms with Gasteiger partial charge in [-0.3, -0.25) is 14.5 Å². The van der Waals surface area contributed by atoms with Gasteiger partial charge < -0.3 is 14.0 Å². The van der Waals surface area contributed by atoms with Gasteiger partial charge in [0.05, 0.1) is 17.7 Å². The van der Waals surface area contributed by atoms with Gasteiger partial charge in [0.25, 0.3) is 0 Å². The molecule has 1 aliphatic carbocycles. The number of rotatable bonds is 6. The highest BCUT2D eigenvalue weighted by molar-refractivity contribution is 6.11. The summed E-state index contributed by atoms with van der Waals surface area (Å²) in [5.41, 5.74) is 1.30. The molecule has 0 N–H and O–H groups in total. The summed E-state index contributed by atoms with van der Waals surface area (Å²) >= 11 is 0. The molecule has 1 saturated carbocycles. The van der Waals surface area contributed by atoms with E-state index >= 15 is 0 Å². The van der Waals surface area contributed by atoms with Crippen molar-refractivity contribution in [3.8, 4) is 5.75 Å². The number of hydrogen-bond acceptors (Lipinski definition) is 7. The van der Waals surface area contributed by atoms with E-state index in [0.717, 1.165) is 54.5 Å². The van der Waals surface area contributed by atoms with Crippen molar-refractivity contribution >= 4 is 33.3 Å². The summed E-state index contributed by atoms with van der Waals surface area (Å²) < 4.78 is 17.0. The van der Waals surface area contributed by atoms with E-state index in [-0.39, 0.29) is 23.9 Å². The minimum absolute atomic E-state index is 0.00756. The second-order valence-electron chi connectivity index (χ2n) is 8.84. The molecule has 2 aromatic carbocycles. The number of Topliss-reactive ketones (excluding diaryl/α,β-unsaturated/α-hetero) is 2. The standard InChI is InChI=1S/C25H28N2O5/c1-27(17-8-11-30-12-9-17)10-13-31-19-4-6-20-16(14-19)2-7-23-24(20)25(26-32-23)21-5-3-18(28)15-22(21)29/h2,4,6-7,14,17,21H,3,5,8-13,15H2,1H3. The van der Waals surface area contributed by atoms with Gasteiger partial charge in [-0.25, -0.2) is 0 Å². The summed E-state index contributed by atoms with van der Waals surface area (Å²) in [7, 11) is 2.14. The van der Waals surface area contributed by atoms with Crippen molar-refractivity contribution in [3.63, 3.8) is 0 Å². The third-order valence-corrected chi connectivity index (χ3v) is 6.78. The quantitative estimate of drug-likeness (QED) is 0.543. The van der Waals surface area contributed by atoms with Crippen LogP contribution in [0.2, 0.25) is 0 Å². The topological polar surface area (TPSA) is 81.9 Å². The van der Waals surface area contributed by atoms with E-state index in [1.165, 1.54) is 0 Å². The molecule has 5 rings (SSSR count). The molecule has 168 valence electrons. The first kappa shape index (κ1) is 21.1. The minimum atomic E-state index is -0.379. The molecule has 7 nitrogen and oxygen atoms in total. The van der Waals surface area contributed by atoms with E-state index in [0.29, 0.717) is 36.8 Å². The monoisotopic (exact) mass is 436 g/mol. The van der Waals surface area contributed by atoms with Crippen LogP contribution in [-0.4, -0.2) is 61.1 Å². The van der Waals surface area contributed by atoms with E-state index in [4.69, 9.17) is 14.0 Å². The van der Waals surface area contributed by atoms with E-state index in [1.54, 1.807) is 0 Å². The van der Waals surface area contributed by atoms with E-state index in [1.807, 2.05) is 30.3 Å². The Morgan fingerprint density at radius 2 is 1.97 bits per heavy atom. The Labute approximate surface area is 186 Å². The summed E-state index contributed by atoms with van der Waals surface area (Å²) in [6.07, 6.45) is 3.04. The van der Waals surface area contributed by atoms with Gasteiger partial charge in [0.1, 0.15) is 29.6 Å². The predicted octanol–water partition coefficient (Wildman–Crippen LogP) is 3.88. The van der Waals surface area contributed by atoms with Crippen LogP contribution in [0.4, 0.5) is 0 Å². The average Bonchev–Trinajstić information content (AvgIpc) is 3.24. The number of ether oxygens (including phenoxy) is 2. The maximum Gasteiger partial charge on any atom is 0.167 e. The molecule has 0 amide bonds. The third-order valence-electron chi connectivity index (χ3n) is 6.78. The number of aromatic nitrogens is 1. The molecule has 2 heterocycles. The molecule has 1 unspecified atom stereocenters. The number of carbonyl (C=O) groups is 2. The molecule has 2 fully saturated rings. The van der Waals surface area contributed by atoms with Gasteiger partial charge in [0, 0.05) is 32.2 Å². The Bertz CT molecular complexity index is 1150. The van der Waals surface area contributed by atoms with Crippen molar-refractivity contribution in [2.24, 2.45) is 0 Å². The van der Waals surface area contributed by atoms with Gasteiger partial charge in [-0.05, 0) is 61.3 Å². The molecule has 3 aromatic rings. The summed E-state index contributed by atoms with van der Waals surface area (Å²) in [6.45, 7) is 3.15. The Balaban J connectivity index is 1.34. The van der Waals surface area contributed by atoms with Gasteiger partial charge in [-0.1, -0.05) is 11.2 Å². The molecule has 0 spiro atoms. The molecular weight excluding hydrogens is 408 g/mol. The van der Waals surface area contributed by atoms with E-state index in [2.05, 4.69) is 17.1 Å². The van der Waals surface area contributed by atoms with Gasteiger partial charge in [-0.15, -0.1) is 0 Å². The van der Waals surface area contributed by atoms with Crippen LogP contribution in [0.25, 0.3) is 21.7 Å². The molecule has 1 aromatic heterocycles. The second-order valence-corrected chi connectivity index (χ2v) is 8.84. The minimum Gasteiger partial charge on any atom is -0.492 e. The van der Waals surface area contributed by atoms with Crippen molar-refractivity contribution in [1.82, 2.24) is 10.1 Å². The molecule has 2 aliphatic rings. The first-order chi connectivity index (χ1) is 15.6. The summed E-state index contributed by atoms with van der Waals surface area (Å²) in [5, 5.41) is 7.08. The lowest BCUT2D eigenvalue weighted by Gasteiger charge is -2.31. The van der Waals surface area contributed by atoms with Gasteiger partial charge in [0.2, 0.25) is 0 Å². The fourth-order valence-corrected chi connectivity index (χ4v) is 4.88. The number of nitrogens with zero attached hydrogens (tertiary/aromatic N) is 2. The van der Waals surface area contributed by atoms with Crippen LogP contribution in [0.15, 0.2) is 34.9 Å². The lowest BCUT2D eigenvalue weighted by atomic mass is 9.83. The highest BCUT2D eigenvalue weighted by Crippen LogP contribution is 2.37. The maximum atomic E-state index is 12.5. The van der Waals surface area contributed by atoms with Crippen LogP contribution >= 0.6 is 0 Å². The maximum absolute atomic E-state index is 12.5. The first-order valence-electron chi connectivity index (χ1n) is 11.4. The Hall–Kier alpha value is -2.77. The number of likely N-dealkylation sites (N-methyl/N-ethyl adjacent to an activating group) is 1. The van der Waals surface area contributed by atoms with Crippen molar-refractivity contribution < 1.29 is 23.6 Å². The predicted molar refractivity (Wildman–Crippen MR) is 120 cm³/mol. The molecule has 0 radical (unpaired) electrons. The highest BCUT2D eigenvalue weighted by Gasteiger charge is 2.32. The van der Waals surface area contributed by atoms with Gasteiger partial charge >= 0.3 is 0 Å². The number of fused-ring (bicyclic) bond motifs is 3. The summed E-state index contributed by atoms with van der Waals surface area (Å²) in [4.78, 5) is 26.5. The summed E-state index contributed by atoms with van der Waals surface area (Å²) in [5.74, 6) is 0.376. The lowest BCUT2D eigenvalue weighted by Crippen LogP contribution is -2.38. The second kappa shape index (κ2) is 9.00. The van der Waals surface area contributed by atoms with Crippen LogP contribution in [0.3, 0.4) is 0 Å². The Morgan fingerprint density at radius 1 is 1.12 bits per heavy atom. The number of benzene rings is 2. The number of carbonyl (C=O) groups excluding carboxylic acids is 2. The van der Waals surface area contributed by atoms with Crippen LogP contribution in [-0.2, 0) is 14.3 Å². The molecule has 32 heavy (non-hydrogen) atoms. The third kappa shape index (κ3) is 4.14. The molecule has 1 aliphatic heterocycles. The van der Waals surface area contributed by atoms with Crippen molar-refractivity contribution in [1.29, 1.82) is 0 Å². The normalized spacial score (nSPS) is 20.5. The lowest BCUT2D eigenvalue weighted by molar-refractivity contribution is -0.130. The molecule has 1 atom stereocenters. The molecule has 0 bridgehead atoms. The fourth-order valence-electron chi connectivity index (χ4n) is 4.88.